The lowest BCUT2D eigenvalue weighted by Crippen LogP contribution is -2.18. The van der Waals surface area contributed by atoms with Gasteiger partial charge < -0.3 is 9.84 Å². The molecule has 0 aliphatic carbocycles. The molecule has 0 rings (SSSR count). The Bertz CT molecular complexity index is 463. The minimum atomic E-state index is -0.726. The lowest BCUT2D eigenvalue weighted by molar-refractivity contribution is -0.150. The molecule has 1 N–H and O–H groups in total. The molecule has 35 heavy (non-hydrogen) atoms. The minimum Gasteiger partial charge on any atom is -0.481 e. The molecule has 0 saturated heterocycles. The van der Waals surface area contributed by atoms with E-state index in [-0.39, 0.29) is 18.5 Å². The summed E-state index contributed by atoms with van der Waals surface area (Å²) >= 11 is 0. The zero-order chi connectivity index (χ0) is 25.8. The van der Waals surface area contributed by atoms with E-state index in [4.69, 9.17) is 9.84 Å². The highest BCUT2D eigenvalue weighted by Gasteiger charge is 2.14. The average Bonchev–Trinajstić information content (AvgIpc) is 2.83. The molecule has 0 spiro atoms. The van der Waals surface area contributed by atoms with Crippen LogP contribution in [0.2, 0.25) is 0 Å². The van der Waals surface area contributed by atoms with Crippen LogP contribution in [0.4, 0.5) is 0 Å². The molecule has 4 heteroatoms. The van der Waals surface area contributed by atoms with Crippen LogP contribution >= 0.6 is 0 Å². The van der Waals surface area contributed by atoms with Crippen LogP contribution in [0.1, 0.15) is 181 Å². The summed E-state index contributed by atoms with van der Waals surface area (Å²) in [6, 6.07) is 0. The van der Waals surface area contributed by atoms with E-state index < -0.39 is 5.97 Å². The van der Waals surface area contributed by atoms with E-state index >= 15 is 0 Å². The smallest absolute Gasteiger partial charge is 0.306 e. The highest BCUT2D eigenvalue weighted by atomic mass is 16.5. The standard InChI is InChI=1S/C31H60O4/c1-3-5-7-9-10-11-12-13-14-15-16-17-18-19-24-28-31(34)35-29(25-21-8-6-4-2)26-22-20-23-27-30(32)33/h29H,3-28H2,1-2H3,(H,32,33). The fourth-order valence-corrected chi connectivity index (χ4v) is 4.77. The van der Waals surface area contributed by atoms with Crippen LogP contribution in [0.25, 0.3) is 0 Å². The molecule has 0 bridgehead atoms. The van der Waals surface area contributed by atoms with Gasteiger partial charge in [0, 0.05) is 12.8 Å². The van der Waals surface area contributed by atoms with E-state index in [0.717, 1.165) is 44.9 Å². The zero-order valence-corrected chi connectivity index (χ0v) is 23.6. The number of ether oxygens (including phenoxy) is 1. The van der Waals surface area contributed by atoms with Crippen LogP contribution in [-0.4, -0.2) is 23.1 Å². The fourth-order valence-electron chi connectivity index (χ4n) is 4.77. The van der Waals surface area contributed by atoms with Crippen LogP contribution in [0.5, 0.6) is 0 Å². The van der Waals surface area contributed by atoms with Gasteiger partial charge in [0.15, 0.2) is 0 Å². The predicted octanol–water partition coefficient (Wildman–Crippen LogP) is 10.2. The normalized spacial score (nSPS) is 12.1. The Kier molecular flexibility index (Phi) is 26.7. The number of carboxylic acids is 1. The van der Waals surface area contributed by atoms with Crippen molar-refractivity contribution in [2.45, 2.75) is 187 Å². The summed E-state index contributed by atoms with van der Waals surface area (Å²) in [5, 5.41) is 8.77. The highest BCUT2D eigenvalue weighted by Crippen LogP contribution is 2.18. The summed E-state index contributed by atoms with van der Waals surface area (Å²) in [5.74, 6) is -0.762. The van der Waals surface area contributed by atoms with E-state index in [1.165, 1.54) is 103 Å². The third-order valence-electron chi connectivity index (χ3n) is 7.08. The predicted molar refractivity (Wildman–Crippen MR) is 149 cm³/mol. The molecule has 0 saturated carbocycles. The van der Waals surface area contributed by atoms with Crippen molar-refractivity contribution in [2.24, 2.45) is 0 Å². The van der Waals surface area contributed by atoms with Gasteiger partial charge in [-0.15, -0.1) is 0 Å². The van der Waals surface area contributed by atoms with E-state index in [2.05, 4.69) is 13.8 Å². The molecule has 208 valence electrons. The fraction of sp³-hybridized carbons (Fsp3) is 0.935. The van der Waals surface area contributed by atoms with Crippen molar-refractivity contribution in [3.8, 4) is 0 Å². The molecule has 0 heterocycles. The molecule has 0 aliphatic rings. The van der Waals surface area contributed by atoms with Gasteiger partial charge >= 0.3 is 11.9 Å². The Hall–Kier alpha value is -1.06. The number of carbonyl (C=O) groups excluding carboxylic acids is 1. The van der Waals surface area contributed by atoms with Gasteiger partial charge in [0.05, 0.1) is 0 Å². The van der Waals surface area contributed by atoms with Gasteiger partial charge in [0.2, 0.25) is 0 Å². The SMILES string of the molecule is CCCCCCCCCCCCCCCCCC(=O)OC(CCCCCC)CCCCCC(=O)O. The van der Waals surface area contributed by atoms with Crippen molar-refractivity contribution in [3.05, 3.63) is 0 Å². The lowest BCUT2D eigenvalue weighted by Gasteiger charge is -2.18. The van der Waals surface area contributed by atoms with Crippen LogP contribution in [0, 0.1) is 0 Å². The molecule has 0 aromatic carbocycles. The van der Waals surface area contributed by atoms with Crippen LogP contribution in [0.3, 0.4) is 0 Å². The van der Waals surface area contributed by atoms with Gasteiger partial charge in [-0.3, -0.25) is 9.59 Å². The topological polar surface area (TPSA) is 63.6 Å². The first-order valence-electron chi connectivity index (χ1n) is 15.5. The Labute approximate surface area is 218 Å². The zero-order valence-electron chi connectivity index (χ0n) is 23.6. The van der Waals surface area contributed by atoms with Gasteiger partial charge in [-0.1, -0.05) is 129 Å². The molecule has 1 atom stereocenters. The molecule has 0 amide bonds. The van der Waals surface area contributed by atoms with Crippen LogP contribution in [-0.2, 0) is 14.3 Å². The first kappa shape index (κ1) is 33.9. The number of esters is 1. The van der Waals surface area contributed by atoms with Gasteiger partial charge in [0.1, 0.15) is 6.10 Å². The second-order valence-electron chi connectivity index (χ2n) is 10.7. The van der Waals surface area contributed by atoms with Gasteiger partial charge in [0.25, 0.3) is 0 Å². The highest BCUT2D eigenvalue weighted by molar-refractivity contribution is 5.69. The van der Waals surface area contributed by atoms with Crippen molar-refractivity contribution in [2.75, 3.05) is 0 Å². The number of unbranched alkanes of at least 4 members (excludes halogenated alkanes) is 19. The second kappa shape index (κ2) is 27.5. The Morgan fingerprint density at radius 1 is 0.514 bits per heavy atom. The summed E-state index contributed by atoms with van der Waals surface area (Å²) in [6.45, 7) is 4.48. The maximum atomic E-state index is 12.4. The summed E-state index contributed by atoms with van der Waals surface area (Å²) in [4.78, 5) is 23.0. The summed E-state index contributed by atoms with van der Waals surface area (Å²) in [6.07, 6.45) is 29.8. The first-order valence-corrected chi connectivity index (χ1v) is 15.5. The first-order chi connectivity index (χ1) is 17.1. The second-order valence-corrected chi connectivity index (χ2v) is 10.7. The van der Waals surface area contributed by atoms with E-state index in [9.17, 15) is 9.59 Å². The lowest BCUT2D eigenvalue weighted by atomic mass is 10.0. The summed E-state index contributed by atoms with van der Waals surface area (Å²) in [7, 11) is 0. The van der Waals surface area contributed by atoms with Gasteiger partial charge in [-0.25, -0.2) is 0 Å². The van der Waals surface area contributed by atoms with Crippen molar-refractivity contribution < 1.29 is 19.4 Å². The molecule has 0 fully saturated rings. The van der Waals surface area contributed by atoms with Gasteiger partial charge in [-0.05, 0) is 38.5 Å². The van der Waals surface area contributed by atoms with Crippen molar-refractivity contribution >= 4 is 11.9 Å². The molecule has 0 aromatic rings. The monoisotopic (exact) mass is 496 g/mol. The maximum absolute atomic E-state index is 12.4. The molecule has 4 nitrogen and oxygen atoms in total. The molecule has 0 aromatic heterocycles. The number of carbonyl (C=O) groups is 2. The Morgan fingerprint density at radius 3 is 1.29 bits per heavy atom. The Balaban J connectivity index is 3.71. The summed E-state index contributed by atoms with van der Waals surface area (Å²) in [5.41, 5.74) is 0. The number of hydrogen-bond donors (Lipinski definition) is 1. The van der Waals surface area contributed by atoms with Crippen molar-refractivity contribution in [3.63, 3.8) is 0 Å². The minimum absolute atomic E-state index is 0.0144. The molecular weight excluding hydrogens is 436 g/mol. The maximum Gasteiger partial charge on any atom is 0.306 e. The summed E-state index contributed by atoms with van der Waals surface area (Å²) < 4.78 is 5.82. The van der Waals surface area contributed by atoms with E-state index in [1.54, 1.807) is 0 Å². The van der Waals surface area contributed by atoms with Crippen molar-refractivity contribution in [1.82, 2.24) is 0 Å². The quantitative estimate of drug-likeness (QED) is 0.0864. The third kappa shape index (κ3) is 27.4. The molecule has 0 aliphatic heterocycles. The van der Waals surface area contributed by atoms with Crippen molar-refractivity contribution in [1.29, 1.82) is 0 Å². The largest absolute Gasteiger partial charge is 0.481 e. The number of hydrogen-bond acceptors (Lipinski definition) is 3. The average molecular weight is 497 g/mol. The number of carboxylic acid groups (broad SMARTS) is 1. The molecule has 1 unspecified atom stereocenters. The molecular formula is C31H60O4. The van der Waals surface area contributed by atoms with Crippen LogP contribution in [0.15, 0.2) is 0 Å². The van der Waals surface area contributed by atoms with Gasteiger partial charge in [-0.2, -0.15) is 0 Å². The van der Waals surface area contributed by atoms with E-state index in [1.807, 2.05) is 0 Å². The number of rotatable bonds is 28. The Morgan fingerprint density at radius 2 is 0.857 bits per heavy atom. The number of aliphatic carboxylic acids is 1. The van der Waals surface area contributed by atoms with E-state index in [0.29, 0.717) is 12.8 Å². The molecule has 0 radical (unpaired) electrons. The third-order valence-corrected chi connectivity index (χ3v) is 7.08. The van der Waals surface area contributed by atoms with Crippen LogP contribution < -0.4 is 0 Å².